The Hall–Kier alpha value is -0.656. The molecule has 109 valence electrons. The van der Waals surface area contributed by atoms with Crippen LogP contribution in [0.5, 0.6) is 5.75 Å². The van der Waals surface area contributed by atoms with Gasteiger partial charge in [-0.05, 0) is 79.6 Å². The minimum atomic E-state index is 0. The van der Waals surface area contributed by atoms with Gasteiger partial charge >= 0.3 is 0 Å². The molecule has 0 aromatic heterocycles. The smallest absolute Gasteiger partial charge is 0.0878 e. The molecule has 0 unspecified atom stereocenters. The van der Waals surface area contributed by atoms with E-state index in [0.717, 1.165) is 5.75 Å². The summed E-state index contributed by atoms with van der Waals surface area (Å²) in [4.78, 5) is 0. The van der Waals surface area contributed by atoms with E-state index in [0.29, 0.717) is 0 Å². The number of hydrogen-bond acceptors (Lipinski definition) is 1. The zero-order valence-corrected chi connectivity index (χ0v) is 16.7. The van der Waals surface area contributed by atoms with Crippen LogP contribution < -0.4 is 4.74 Å². The van der Waals surface area contributed by atoms with E-state index >= 15 is 0 Å². The molecule has 21 heavy (non-hydrogen) atoms. The average Bonchev–Trinajstić information content (AvgIpc) is 2.43. The molecule has 0 amide bonds. The van der Waals surface area contributed by atoms with Gasteiger partial charge in [0.15, 0.2) is 0 Å². The van der Waals surface area contributed by atoms with Crippen LogP contribution in [0, 0.1) is 41.2 Å². The summed E-state index contributed by atoms with van der Waals surface area (Å²) in [6.45, 7) is 14.5. The van der Waals surface area contributed by atoms with Crippen LogP contribution in [0.2, 0.25) is 0 Å². The summed E-state index contributed by atoms with van der Waals surface area (Å²) in [5, 5.41) is 0. The molecule has 0 aliphatic carbocycles. The molecule has 2 aromatic rings. The maximum Gasteiger partial charge on any atom is 0.0878 e. The standard InChI is InChI=1S/C19H23O.Y/c1-7-20-19-11-10-18(15(5)16(19)6)17-9-8-12(2)13(3)14(17)4;/h7-11H,1-6H3;/q-1;. The van der Waals surface area contributed by atoms with E-state index in [2.05, 4.69) is 58.9 Å². The van der Waals surface area contributed by atoms with Crippen molar-refractivity contribution in [2.45, 2.75) is 41.5 Å². The van der Waals surface area contributed by atoms with Gasteiger partial charge in [0.2, 0.25) is 0 Å². The average molecular weight is 356 g/mol. The fraction of sp³-hybridized carbons (Fsp3) is 0.316. The van der Waals surface area contributed by atoms with Crippen LogP contribution in [0.4, 0.5) is 0 Å². The molecule has 0 bridgehead atoms. The Balaban J connectivity index is 0.00000220. The summed E-state index contributed by atoms with van der Waals surface area (Å²) in [5.41, 5.74) is 9.20. The largest absolute Gasteiger partial charge is 0.662 e. The Bertz CT molecular complexity index is 644. The van der Waals surface area contributed by atoms with Crippen LogP contribution in [0.1, 0.15) is 34.7 Å². The van der Waals surface area contributed by atoms with Crippen LogP contribution in [0.3, 0.4) is 0 Å². The van der Waals surface area contributed by atoms with Crippen molar-refractivity contribution in [1.29, 1.82) is 0 Å². The summed E-state index contributed by atoms with van der Waals surface area (Å²) in [6.07, 6.45) is 0. The zero-order chi connectivity index (χ0) is 14.9. The van der Waals surface area contributed by atoms with Gasteiger partial charge in [-0.2, -0.15) is 13.5 Å². The number of ether oxygens (including phenoxy) is 1. The molecule has 1 radical (unpaired) electrons. The Kier molecular flexibility index (Phi) is 6.62. The molecule has 2 rings (SSSR count). The number of hydrogen-bond donors (Lipinski definition) is 0. The van der Waals surface area contributed by atoms with Gasteiger partial charge < -0.3 is 4.74 Å². The van der Waals surface area contributed by atoms with Gasteiger partial charge in [0.25, 0.3) is 0 Å². The number of benzene rings is 2. The summed E-state index contributed by atoms with van der Waals surface area (Å²) in [7, 11) is 0. The maximum absolute atomic E-state index is 5.56. The van der Waals surface area contributed by atoms with Crippen LogP contribution in [-0.2, 0) is 32.7 Å². The van der Waals surface area contributed by atoms with Gasteiger partial charge in [0.05, 0.1) is 5.75 Å². The molecule has 2 heteroatoms. The van der Waals surface area contributed by atoms with E-state index in [1.165, 1.54) is 38.9 Å². The third kappa shape index (κ3) is 3.58. The fourth-order valence-corrected chi connectivity index (χ4v) is 2.59. The first-order valence-electron chi connectivity index (χ1n) is 7.09. The van der Waals surface area contributed by atoms with Gasteiger partial charge in [-0.3, -0.25) is 0 Å². The second kappa shape index (κ2) is 7.56. The van der Waals surface area contributed by atoms with Crippen molar-refractivity contribution < 1.29 is 37.4 Å². The van der Waals surface area contributed by atoms with Crippen LogP contribution in [0.25, 0.3) is 11.1 Å². The summed E-state index contributed by atoms with van der Waals surface area (Å²) < 4.78 is 5.56. The van der Waals surface area contributed by atoms with Crippen LogP contribution in [0.15, 0.2) is 24.3 Å². The third-order valence-electron chi connectivity index (χ3n) is 4.33. The predicted molar refractivity (Wildman–Crippen MR) is 86.2 cm³/mol. The van der Waals surface area contributed by atoms with E-state index in [1.54, 1.807) is 6.61 Å². The molecule has 2 aromatic carbocycles. The van der Waals surface area contributed by atoms with Gasteiger partial charge in [-0.15, -0.1) is 0 Å². The first-order valence-corrected chi connectivity index (χ1v) is 7.09. The third-order valence-corrected chi connectivity index (χ3v) is 4.33. The van der Waals surface area contributed by atoms with E-state index < -0.39 is 0 Å². The minimum absolute atomic E-state index is 0. The summed E-state index contributed by atoms with van der Waals surface area (Å²) in [6, 6.07) is 8.66. The molecule has 0 atom stereocenters. The van der Waals surface area contributed by atoms with Crippen LogP contribution in [-0.4, -0.2) is 0 Å². The summed E-state index contributed by atoms with van der Waals surface area (Å²) in [5.74, 6) is 0.940. The maximum atomic E-state index is 5.56. The van der Waals surface area contributed by atoms with Crippen molar-refractivity contribution in [3.05, 3.63) is 58.7 Å². The second-order valence-corrected chi connectivity index (χ2v) is 5.39. The molecule has 0 N–H and O–H groups in total. The Morgan fingerprint density at radius 2 is 1.24 bits per heavy atom. The molecule has 0 heterocycles. The van der Waals surface area contributed by atoms with Gasteiger partial charge in [-0.1, -0.05) is 18.2 Å². The van der Waals surface area contributed by atoms with E-state index in [4.69, 9.17) is 4.74 Å². The first kappa shape index (κ1) is 18.4. The molecule has 0 aliphatic heterocycles. The van der Waals surface area contributed by atoms with Crippen molar-refractivity contribution in [3.8, 4) is 16.9 Å². The molecular weight excluding hydrogens is 333 g/mol. The number of rotatable bonds is 3. The summed E-state index contributed by atoms with van der Waals surface area (Å²) >= 11 is 0. The van der Waals surface area contributed by atoms with Gasteiger partial charge in [-0.25, -0.2) is 0 Å². The van der Waals surface area contributed by atoms with E-state index in [1.807, 2.05) is 6.92 Å². The molecule has 0 spiro atoms. The molecular formula is C19H23OY-. The zero-order valence-electron chi connectivity index (χ0n) is 13.9. The fourth-order valence-electron chi connectivity index (χ4n) is 2.59. The number of aryl methyl sites for hydroxylation is 1. The topological polar surface area (TPSA) is 9.23 Å². The van der Waals surface area contributed by atoms with Gasteiger partial charge in [0, 0.05) is 32.7 Å². The SMILES string of the molecule is C[CH-]Oc1ccc(-c2ccc(C)c(C)c2C)c(C)c1C.[Y]. The molecule has 0 saturated heterocycles. The second-order valence-electron chi connectivity index (χ2n) is 5.39. The monoisotopic (exact) mass is 356 g/mol. The first-order chi connectivity index (χ1) is 9.47. The van der Waals surface area contributed by atoms with Gasteiger partial charge in [0.1, 0.15) is 0 Å². The Labute approximate surface area is 154 Å². The molecule has 0 fully saturated rings. The van der Waals surface area contributed by atoms with Crippen molar-refractivity contribution >= 4 is 0 Å². The molecule has 0 saturated carbocycles. The van der Waals surface area contributed by atoms with Crippen LogP contribution >= 0.6 is 0 Å². The van der Waals surface area contributed by atoms with E-state index in [9.17, 15) is 0 Å². The molecule has 0 aliphatic rings. The minimum Gasteiger partial charge on any atom is -0.662 e. The molecule has 1 nitrogen and oxygen atoms in total. The quantitative estimate of drug-likeness (QED) is 0.664. The van der Waals surface area contributed by atoms with Crippen molar-refractivity contribution in [1.82, 2.24) is 0 Å². The van der Waals surface area contributed by atoms with Crippen molar-refractivity contribution in [2.24, 2.45) is 0 Å². The van der Waals surface area contributed by atoms with Crippen molar-refractivity contribution in [3.63, 3.8) is 0 Å². The normalized spacial score (nSPS) is 10.2. The Morgan fingerprint density at radius 3 is 1.81 bits per heavy atom. The van der Waals surface area contributed by atoms with Crippen molar-refractivity contribution in [2.75, 3.05) is 0 Å². The van der Waals surface area contributed by atoms with E-state index in [-0.39, 0.29) is 32.7 Å². The predicted octanol–water partition coefficient (Wildman–Crippen LogP) is 5.45. The Morgan fingerprint density at radius 1 is 0.714 bits per heavy atom.